The number of benzene rings is 1. The molecule has 5 nitrogen and oxygen atoms in total. The van der Waals surface area contributed by atoms with E-state index in [-0.39, 0.29) is 17.7 Å². The maximum atomic E-state index is 12.4. The van der Waals surface area contributed by atoms with Crippen LogP contribution in [-0.4, -0.2) is 36.9 Å². The molecule has 0 bridgehead atoms. The summed E-state index contributed by atoms with van der Waals surface area (Å²) < 4.78 is 5.17. The highest BCUT2D eigenvalue weighted by atomic mass is 32.1. The van der Waals surface area contributed by atoms with Crippen molar-refractivity contribution in [1.82, 2.24) is 4.90 Å². The summed E-state index contributed by atoms with van der Waals surface area (Å²) >= 11 is 1.60. The molecule has 25 heavy (non-hydrogen) atoms. The van der Waals surface area contributed by atoms with Crippen molar-refractivity contribution in [2.45, 2.75) is 19.3 Å². The van der Waals surface area contributed by atoms with E-state index in [1.165, 1.54) is 0 Å². The number of anilines is 1. The molecule has 0 radical (unpaired) electrons. The molecule has 2 heterocycles. The number of hydrogen-bond donors (Lipinski definition) is 1. The van der Waals surface area contributed by atoms with Crippen molar-refractivity contribution in [2.24, 2.45) is 5.92 Å². The Bertz CT molecular complexity index is 722. The molecule has 1 aromatic carbocycles. The van der Waals surface area contributed by atoms with Gasteiger partial charge in [0.25, 0.3) is 0 Å². The minimum absolute atomic E-state index is 0.0126. The number of hydrogen-bond acceptors (Lipinski definition) is 4. The fraction of sp³-hybridized carbons (Fsp3) is 0.368. The lowest BCUT2D eigenvalue weighted by Crippen LogP contribution is -2.42. The second-order valence-corrected chi connectivity index (χ2v) is 7.16. The zero-order chi connectivity index (χ0) is 17.6. The van der Waals surface area contributed by atoms with Crippen LogP contribution < -0.4 is 10.1 Å². The molecule has 0 unspecified atom stereocenters. The molecule has 0 spiro atoms. The summed E-state index contributed by atoms with van der Waals surface area (Å²) in [4.78, 5) is 27.7. The maximum Gasteiger partial charge on any atom is 0.227 e. The summed E-state index contributed by atoms with van der Waals surface area (Å²) in [5.74, 6) is 0.816. The van der Waals surface area contributed by atoms with E-state index in [4.69, 9.17) is 4.74 Å². The highest BCUT2D eigenvalue weighted by molar-refractivity contribution is 7.10. The van der Waals surface area contributed by atoms with E-state index < -0.39 is 0 Å². The number of nitrogens with zero attached hydrogens (tertiary/aromatic N) is 1. The lowest BCUT2D eigenvalue weighted by molar-refractivity contribution is -0.133. The Morgan fingerprint density at radius 1 is 1.24 bits per heavy atom. The first kappa shape index (κ1) is 17.5. The first-order valence-corrected chi connectivity index (χ1v) is 9.29. The van der Waals surface area contributed by atoms with Crippen LogP contribution in [0.1, 0.15) is 17.7 Å². The van der Waals surface area contributed by atoms with Gasteiger partial charge in [0.15, 0.2) is 0 Å². The minimum atomic E-state index is -0.0583. The van der Waals surface area contributed by atoms with E-state index in [2.05, 4.69) is 5.32 Å². The van der Waals surface area contributed by atoms with Gasteiger partial charge in [-0.3, -0.25) is 9.59 Å². The van der Waals surface area contributed by atoms with E-state index in [0.29, 0.717) is 38.1 Å². The molecular weight excluding hydrogens is 336 g/mol. The van der Waals surface area contributed by atoms with Gasteiger partial charge in [0.1, 0.15) is 5.75 Å². The number of likely N-dealkylation sites (tertiary alicyclic amines) is 1. The average Bonchev–Trinajstić information content (AvgIpc) is 3.15. The summed E-state index contributed by atoms with van der Waals surface area (Å²) in [5.41, 5.74) is 0.737. The van der Waals surface area contributed by atoms with Gasteiger partial charge in [-0.25, -0.2) is 0 Å². The van der Waals surface area contributed by atoms with Crippen molar-refractivity contribution in [3.8, 4) is 5.75 Å². The number of piperidine rings is 1. The van der Waals surface area contributed by atoms with Crippen molar-refractivity contribution in [1.29, 1.82) is 0 Å². The lowest BCUT2D eigenvalue weighted by atomic mass is 9.95. The molecule has 1 aromatic heterocycles. The molecule has 0 aliphatic carbocycles. The summed E-state index contributed by atoms with van der Waals surface area (Å²) in [6.07, 6.45) is 1.86. The van der Waals surface area contributed by atoms with Gasteiger partial charge in [-0.15, -0.1) is 11.3 Å². The highest BCUT2D eigenvalue weighted by Crippen LogP contribution is 2.22. The second-order valence-electron chi connectivity index (χ2n) is 6.13. The number of nitrogens with one attached hydrogen (secondary N) is 1. The predicted octanol–water partition coefficient (Wildman–Crippen LogP) is 3.18. The molecule has 1 fully saturated rings. The summed E-state index contributed by atoms with van der Waals surface area (Å²) in [6, 6.07) is 11.3. The van der Waals surface area contributed by atoms with Crippen LogP contribution in [0, 0.1) is 5.92 Å². The normalized spacial score (nSPS) is 15.0. The summed E-state index contributed by atoms with van der Waals surface area (Å²) in [5, 5.41) is 4.93. The van der Waals surface area contributed by atoms with Gasteiger partial charge in [0, 0.05) is 35.6 Å². The van der Waals surface area contributed by atoms with Crippen LogP contribution in [0.5, 0.6) is 5.75 Å². The van der Waals surface area contributed by atoms with Crippen LogP contribution in [0.2, 0.25) is 0 Å². The molecule has 0 atom stereocenters. The number of methoxy groups -OCH3 is 1. The quantitative estimate of drug-likeness (QED) is 0.893. The fourth-order valence-corrected chi connectivity index (χ4v) is 3.71. The number of ether oxygens (including phenoxy) is 1. The van der Waals surface area contributed by atoms with Gasteiger partial charge in [-0.1, -0.05) is 12.1 Å². The summed E-state index contributed by atoms with van der Waals surface area (Å²) in [7, 11) is 1.60. The molecule has 1 aliphatic rings. The maximum absolute atomic E-state index is 12.4. The number of amides is 2. The van der Waals surface area contributed by atoms with Crippen molar-refractivity contribution in [3.05, 3.63) is 46.7 Å². The van der Waals surface area contributed by atoms with Gasteiger partial charge in [0.2, 0.25) is 11.8 Å². The average molecular weight is 358 g/mol. The van der Waals surface area contributed by atoms with Gasteiger partial charge in [-0.2, -0.15) is 0 Å². The monoisotopic (exact) mass is 358 g/mol. The third kappa shape index (κ3) is 4.60. The van der Waals surface area contributed by atoms with E-state index in [0.717, 1.165) is 10.6 Å². The molecule has 6 heteroatoms. The number of thiophene rings is 1. The first-order valence-electron chi connectivity index (χ1n) is 8.41. The van der Waals surface area contributed by atoms with Gasteiger partial charge in [-0.05, 0) is 36.4 Å². The Morgan fingerprint density at radius 2 is 2.04 bits per heavy atom. The van der Waals surface area contributed by atoms with Crippen LogP contribution in [0.15, 0.2) is 41.8 Å². The molecule has 2 aromatic rings. The molecule has 1 saturated heterocycles. The van der Waals surface area contributed by atoms with Gasteiger partial charge < -0.3 is 15.0 Å². The van der Waals surface area contributed by atoms with Crippen LogP contribution in [-0.2, 0) is 16.0 Å². The van der Waals surface area contributed by atoms with Crippen LogP contribution in [0.3, 0.4) is 0 Å². The van der Waals surface area contributed by atoms with Gasteiger partial charge in [0.05, 0.1) is 13.5 Å². The van der Waals surface area contributed by atoms with Crippen LogP contribution in [0.4, 0.5) is 5.69 Å². The van der Waals surface area contributed by atoms with E-state index >= 15 is 0 Å². The summed E-state index contributed by atoms with van der Waals surface area (Å²) in [6.45, 7) is 1.28. The van der Waals surface area contributed by atoms with Crippen molar-refractivity contribution >= 4 is 28.8 Å². The predicted molar refractivity (Wildman–Crippen MR) is 99.0 cm³/mol. The second kappa shape index (κ2) is 8.16. The molecule has 0 saturated carbocycles. The Morgan fingerprint density at radius 3 is 2.72 bits per heavy atom. The topological polar surface area (TPSA) is 58.6 Å². The Kier molecular flexibility index (Phi) is 5.71. The Labute approximate surface area is 151 Å². The van der Waals surface area contributed by atoms with Crippen molar-refractivity contribution < 1.29 is 14.3 Å². The minimum Gasteiger partial charge on any atom is -0.497 e. The Hall–Kier alpha value is -2.34. The smallest absolute Gasteiger partial charge is 0.227 e. The fourth-order valence-electron chi connectivity index (χ4n) is 3.01. The SMILES string of the molecule is COc1cccc(NC(=O)C2CCN(C(=O)Cc3cccs3)CC2)c1. The zero-order valence-corrected chi connectivity index (χ0v) is 15.1. The molecule has 132 valence electrons. The van der Waals surface area contributed by atoms with Crippen molar-refractivity contribution in [2.75, 3.05) is 25.5 Å². The third-order valence-corrected chi connectivity index (χ3v) is 5.34. The third-order valence-electron chi connectivity index (χ3n) is 4.46. The number of carbonyl (C=O) groups is 2. The zero-order valence-electron chi connectivity index (χ0n) is 14.2. The van der Waals surface area contributed by atoms with Gasteiger partial charge >= 0.3 is 0 Å². The largest absolute Gasteiger partial charge is 0.497 e. The standard InChI is InChI=1S/C19H22N2O3S/c1-24-16-5-2-4-15(12-16)20-19(23)14-7-9-21(10-8-14)18(22)13-17-6-3-11-25-17/h2-6,11-12,14H,7-10,13H2,1H3,(H,20,23). The van der Waals surface area contributed by atoms with E-state index in [9.17, 15) is 9.59 Å². The van der Waals surface area contributed by atoms with E-state index in [1.807, 2.05) is 40.6 Å². The van der Waals surface area contributed by atoms with Crippen LogP contribution >= 0.6 is 11.3 Å². The first-order chi connectivity index (χ1) is 12.2. The number of carbonyl (C=O) groups excluding carboxylic acids is 2. The molecule has 1 aliphatic heterocycles. The molecule has 3 rings (SSSR count). The number of rotatable bonds is 5. The van der Waals surface area contributed by atoms with Crippen molar-refractivity contribution in [3.63, 3.8) is 0 Å². The Balaban J connectivity index is 1.49. The molecule has 2 amide bonds. The van der Waals surface area contributed by atoms with E-state index in [1.54, 1.807) is 24.5 Å². The molecule has 1 N–H and O–H groups in total. The molecular formula is C19H22N2O3S. The lowest BCUT2D eigenvalue weighted by Gasteiger charge is -2.31. The highest BCUT2D eigenvalue weighted by Gasteiger charge is 2.27. The van der Waals surface area contributed by atoms with Crippen LogP contribution in [0.25, 0.3) is 0 Å².